The summed E-state index contributed by atoms with van der Waals surface area (Å²) in [6, 6.07) is 7.58. The molecule has 1 aromatic carbocycles. The first-order chi connectivity index (χ1) is 8.31. The number of nitrogens with one attached hydrogen (secondary N) is 1. The van der Waals surface area contributed by atoms with Gasteiger partial charge in [-0.05, 0) is 25.1 Å². The number of hydrogen-bond donors (Lipinski definition) is 1. The molecule has 0 fully saturated rings. The van der Waals surface area contributed by atoms with Gasteiger partial charge in [0, 0.05) is 12.4 Å². The van der Waals surface area contributed by atoms with Crippen molar-refractivity contribution in [1.29, 1.82) is 0 Å². The Morgan fingerprint density at radius 1 is 1.41 bits per heavy atom. The largest absolute Gasteiger partial charge is 0.321 e. The van der Waals surface area contributed by atoms with Gasteiger partial charge in [0.2, 0.25) is 5.91 Å². The quantitative estimate of drug-likeness (QED) is 0.818. The first-order valence-electron chi connectivity index (χ1n) is 5.32. The van der Waals surface area contributed by atoms with E-state index in [0.717, 1.165) is 11.4 Å². The molecule has 0 saturated carbocycles. The number of para-hydroxylation sites is 2. The fourth-order valence-corrected chi connectivity index (χ4v) is 1.53. The van der Waals surface area contributed by atoms with Crippen molar-refractivity contribution in [1.82, 2.24) is 9.55 Å². The van der Waals surface area contributed by atoms with Gasteiger partial charge in [0.25, 0.3) is 0 Å². The van der Waals surface area contributed by atoms with E-state index in [1.54, 1.807) is 25.5 Å². The zero-order valence-electron chi connectivity index (χ0n) is 9.50. The predicted molar refractivity (Wildman–Crippen MR) is 67.0 cm³/mol. The molecule has 0 radical (unpaired) electrons. The molecule has 0 aliphatic heterocycles. The molecular weight excluding hydrogens is 214 g/mol. The Hall–Kier alpha value is -2.36. The number of rotatable bonds is 3. The zero-order chi connectivity index (χ0) is 12.1. The number of hydrogen-bond acceptors (Lipinski definition) is 2. The van der Waals surface area contributed by atoms with Crippen LogP contribution in [0.25, 0.3) is 5.69 Å². The molecule has 0 spiro atoms. The molecule has 4 nitrogen and oxygen atoms in total. The molecule has 86 valence electrons. The van der Waals surface area contributed by atoms with E-state index < -0.39 is 0 Å². The van der Waals surface area contributed by atoms with E-state index in [9.17, 15) is 4.79 Å². The van der Waals surface area contributed by atoms with Gasteiger partial charge in [-0.15, -0.1) is 0 Å². The van der Waals surface area contributed by atoms with E-state index >= 15 is 0 Å². The Labute approximate surface area is 99.6 Å². The fraction of sp³-hybridized carbons (Fsp3) is 0.0769. The highest BCUT2D eigenvalue weighted by Gasteiger charge is 2.04. The van der Waals surface area contributed by atoms with E-state index in [4.69, 9.17) is 0 Å². The molecule has 0 aliphatic rings. The second kappa shape index (κ2) is 5.12. The minimum atomic E-state index is -0.139. The van der Waals surface area contributed by atoms with Gasteiger partial charge in [0.1, 0.15) is 0 Å². The van der Waals surface area contributed by atoms with Crippen LogP contribution in [-0.2, 0) is 4.79 Å². The second-order valence-electron chi connectivity index (χ2n) is 3.48. The van der Waals surface area contributed by atoms with E-state index in [1.165, 1.54) is 6.08 Å². The smallest absolute Gasteiger partial charge is 0.248 e. The molecule has 1 aromatic heterocycles. The SMILES string of the molecule is C/C=C/C(=O)Nc1ccccc1-n1ccnc1. The highest BCUT2D eigenvalue weighted by molar-refractivity contribution is 6.00. The number of benzene rings is 1. The van der Waals surface area contributed by atoms with Crippen LogP contribution >= 0.6 is 0 Å². The maximum atomic E-state index is 11.5. The Bertz CT molecular complexity index is 529. The van der Waals surface area contributed by atoms with Gasteiger partial charge in [0.15, 0.2) is 0 Å². The number of aromatic nitrogens is 2. The number of carbonyl (C=O) groups is 1. The highest BCUT2D eigenvalue weighted by Crippen LogP contribution is 2.19. The number of nitrogens with zero attached hydrogens (tertiary/aromatic N) is 2. The van der Waals surface area contributed by atoms with Crippen LogP contribution in [0.1, 0.15) is 6.92 Å². The molecule has 0 unspecified atom stereocenters. The number of imidazole rings is 1. The zero-order valence-corrected chi connectivity index (χ0v) is 9.50. The number of carbonyl (C=O) groups excluding carboxylic acids is 1. The molecule has 0 bridgehead atoms. The third kappa shape index (κ3) is 2.60. The third-order valence-corrected chi connectivity index (χ3v) is 2.26. The predicted octanol–water partition coefficient (Wildman–Crippen LogP) is 2.39. The Balaban J connectivity index is 2.32. The van der Waals surface area contributed by atoms with Gasteiger partial charge in [-0.2, -0.15) is 0 Å². The standard InChI is InChI=1S/C13H13N3O/c1-2-5-13(17)15-11-6-3-4-7-12(11)16-9-8-14-10-16/h2-10H,1H3,(H,15,17)/b5-2+. The normalized spacial score (nSPS) is 10.6. The Kier molecular flexibility index (Phi) is 3.35. The summed E-state index contributed by atoms with van der Waals surface area (Å²) in [6.07, 6.45) is 8.42. The maximum absolute atomic E-state index is 11.5. The first kappa shape index (κ1) is 11.1. The topological polar surface area (TPSA) is 46.9 Å². The van der Waals surface area contributed by atoms with Crippen LogP contribution in [0.3, 0.4) is 0 Å². The summed E-state index contributed by atoms with van der Waals surface area (Å²) in [6.45, 7) is 1.81. The van der Waals surface area contributed by atoms with E-state index in [1.807, 2.05) is 35.0 Å². The first-order valence-corrected chi connectivity index (χ1v) is 5.32. The lowest BCUT2D eigenvalue weighted by Gasteiger charge is -2.09. The van der Waals surface area contributed by atoms with Crippen molar-refractivity contribution in [2.75, 3.05) is 5.32 Å². The monoisotopic (exact) mass is 227 g/mol. The molecular formula is C13H13N3O. The van der Waals surface area contributed by atoms with Gasteiger partial charge in [-0.25, -0.2) is 4.98 Å². The van der Waals surface area contributed by atoms with Crippen molar-refractivity contribution in [3.05, 3.63) is 55.1 Å². The fourth-order valence-electron chi connectivity index (χ4n) is 1.53. The minimum absolute atomic E-state index is 0.139. The van der Waals surface area contributed by atoms with Crippen LogP contribution in [0.5, 0.6) is 0 Å². The summed E-state index contributed by atoms with van der Waals surface area (Å²) in [4.78, 5) is 15.5. The lowest BCUT2D eigenvalue weighted by atomic mass is 10.2. The summed E-state index contributed by atoms with van der Waals surface area (Å²) in [7, 11) is 0. The summed E-state index contributed by atoms with van der Waals surface area (Å²) in [5.41, 5.74) is 1.65. The minimum Gasteiger partial charge on any atom is -0.321 e. The number of amides is 1. The van der Waals surface area contributed by atoms with Crippen LogP contribution in [-0.4, -0.2) is 15.5 Å². The molecule has 1 amide bonds. The van der Waals surface area contributed by atoms with Crippen LogP contribution in [0, 0.1) is 0 Å². The third-order valence-electron chi connectivity index (χ3n) is 2.26. The van der Waals surface area contributed by atoms with Gasteiger partial charge in [0.05, 0.1) is 17.7 Å². The average Bonchev–Trinajstić information content (AvgIpc) is 2.83. The van der Waals surface area contributed by atoms with Crippen LogP contribution < -0.4 is 5.32 Å². The molecule has 1 heterocycles. The van der Waals surface area contributed by atoms with Crippen LogP contribution in [0.15, 0.2) is 55.1 Å². The van der Waals surface area contributed by atoms with Crippen molar-refractivity contribution in [2.24, 2.45) is 0 Å². The molecule has 2 aromatic rings. The maximum Gasteiger partial charge on any atom is 0.248 e. The number of allylic oxidation sites excluding steroid dienone is 1. The summed E-state index contributed by atoms with van der Waals surface area (Å²) in [5.74, 6) is -0.139. The molecule has 0 atom stereocenters. The number of anilines is 1. The molecule has 2 rings (SSSR count). The van der Waals surface area contributed by atoms with Crippen molar-refractivity contribution >= 4 is 11.6 Å². The summed E-state index contributed by atoms with van der Waals surface area (Å²) < 4.78 is 1.85. The van der Waals surface area contributed by atoms with Gasteiger partial charge in [-0.3, -0.25) is 4.79 Å². The molecule has 0 aliphatic carbocycles. The Morgan fingerprint density at radius 3 is 2.94 bits per heavy atom. The van der Waals surface area contributed by atoms with Gasteiger partial charge >= 0.3 is 0 Å². The Morgan fingerprint density at radius 2 is 2.24 bits per heavy atom. The van der Waals surface area contributed by atoms with Crippen LogP contribution in [0.2, 0.25) is 0 Å². The van der Waals surface area contributed by atoms with Crippen molar-refractivity contribution in [3.8, 4) is 5.69 Å². The van der Waals surface area contributed by atoms with Crippen LogP contribution in [0.4, 0.5) is 5.69 Å². The lowest BCUT2D eigenvalue weighted by Crippen LogP contribution is -2.10. The summed E-state index contributed by atoms with van der Waals surface area (Å²) in [5, 5.41) is 2.83. The second-order valence-corrected chi connectivity index (χ2v) is 3.48. The van der Waals surface area contributed by atoms with E-state index in [-0.39, 0.29) is 5.91 Å². The van der Waals surface area contributed by atoms with E-state index in [2.05, 4.69) is 10.3 Å². The molecule has 0 saturated heterocycles. The van der Waals surface area contributed by atoms with Crippen molar-refractivity contribution in [3.63, 3.8) is 0 Å². The van der Waals surface area contributed by atoms with Gasteiger partial charge < -0.3 is 9.88 Å². The lowest BCUT2D eigenvalue weighted by molar-refractivity contribution is -0.111. The molecule has 17 heavy (non-hydrogen) atoms. The van der Waals surface area contributed by atoms with Crippen molar-refractivity contribution < 1.29 is 4.79 Å². The average molecular weight is 227 g/mol. The van der Waals surface area contributed by atoms with Gasteiger partial charge in [-0.1, -0.05) is 18.2 Å². The molecule has 4 heteroatoms. The van der Waals surface area contributed by atoms with Crippen molar-refractivity contribution in [2.45, 2.75) is 6.92 Å². The highest BCUT2D eigenvalue weighted by atomic mass is 16.1. The molecule has 1 N–H and O–H groups in total. The van der Waals surface area contributed by atoms with E-state index in [0.29, 0.717) is 0 Å². The summed E-state index contributed by atoms with van der Waals surface area (Å²) >= 11 is 0.